The fourth-order valence-electron chi connectivity index (χ4n) is 9.56. The van der Waals surface area contributed by atoms with Gasteiger partial charge in [-0.3, -0.25) is 14.6 Å². The lowest BCUT2D eigenvalue weighted by Gasteiger charge is -2.47. The maximum atomic E-state index is 14.6. The number of aliphatic hydroxyl groups excluding tert-OH is 1. The molecule has 3 aliphatic rings. The van der Waals surface area contributed by atoms with Crippen molar-refractivity contribution in [1.82, 2.24) is 25.1 Å². The van der Waals surface area contributed by atoms with Crippen LogP contribution in [0.15, 0.2) is 12.1 Å². The summed E-state index contributed by atoms with van der Waals surface area (Å²) in [5.41, 5.74) is 10.5. The molecule has 0 aliphatic carbocycles. The molecule has 296 valence electrons. The van der Waals surface area contributed by atoms with Crippen LogP contribution in [-0.4, -0.2) is 116 Å². The van der Waals surface area contributed by atoms with E-state index in [-0.39, 0.29) is 28.6 Å². The molecule has 0 unspecified atom stereocenters. The van der Waals surface area contributed by atoms with Gasteiger partial charge in [-0.25, -0.2) is 14.4 Å². The number of piperazine rings is 1. The standard InChI is InChI=1S/C39H64ClFN8O3Si/c1-9-30-23-48(38-36(40)44-34(37(42)45-38)39(51)43-15-21-52-53(25(2)3,26(4)5)27(6)7)19-20-49(30)31-12-16-46(17-13-31)22-29-10-11-33(41)28(8)35(29)47-18-14-32(50)24-47/h10-11,25-27,30-32,50H,9,12-24H2,1-8H3,(H2,42,45)(H,43,51)/t30-,32-/m0/s1. The molecule has 0 spiro atoms. The Labute approximate surface area is 322 Å². The SMILES string of the molecule is CC[C@H]1CN(c2nc(N)c(C(=O)NCCO[Si](C(C)C)(C(C)C)C(C)C)nc2Cl)CCN1C1CCN(Cc2ccc(F)c(C)c2N2CC[C@H](O)C2)CC1. The van der Waals surface area contributed by atoms with Crippen molar-refractivity contribution in [3.63, 3.8) is 0 Å². The Hall–Kier alpha value is -2.55. The first kappa shape index (κ1) is 41.6. The summed E-state index contributed by atoms with van der Waals surface area (Å²) in [6, 6.07) is 4.29. The molecule has 4 N–H and O–H groups in total. The summed E-state index contributed by atoms with van der Waals surface area (Å²) in [5.74, 6) is 0.000948. The quantitative estimate of drug-likeness (QED) is 0.151. The highest BCUT2D eigenvalue weighted by atomic mass is 35.5. The number of β-amino-alcohol motifs (C(OH)–C–C–N with tert-alkyl or cyclic N) is 1. The lowest BCUT2D eigenvalue weighted by atomic mass is 9.97. The molecule has 3 fully saturated rings. The molecule has 11 nitrogen and oxygen atoms in total. The molecule has 0 saturated carbocycles. The maximum absolute atomic E-state index is 14.6. The van der Waals surface area contributed by atoms with Crippen LogP contribution in [-0.2, 0) is 11.0 Å². The molecule has 2 aromatic rings. The van der Waals surface area contributed by atoms with Crippen molar-refractivity contribution in [3.8, 4) is 0 Å². The third-order valence-electron chi connectivity index (χ3n) is 12.2. The average molecular weight is 776 g/mol. The van der Waals surface area contributed by atoms with Crippen LogP contribution in [0, 0.1) is 12.7 Å². The van der Waals surface area contributed by atoms with E-state index in [9.17, 15) is 14.3 Å². The number of carbonyl (C=O) groups is 1. The van der Waals surface area contributed by atoms with Crippen LogP contribution < -0.4 is 20.9 Å². The number of aliphatic hydroxyl groups is 1. The van der Waals surface area contributed by atoms with Crippen molar-refractivity contribution in [1.29, 1.82) is 0 Å². The fourth-order valence-corrected chi connectivity index (χ4v) is 15.3. The zero-order chi connectivity index (χ0) is 38.6. The summed E-state index contributed by atoms with van der Waals surface area (Å²) in [7, 11) is -2.03. The summed E-state index contributed by atoms with van der Waals surface area (Å²) >= 11 is 6.72. The molecule has 3 aliphatic heterocycles. The first-order valence-electron chi connectivity index (χ1n) is 19.9. The van der Waals surface area contributed by atoms with Crippen molar-refractivity contribution < 1.29 is 18.7 Å². The number of nitrogens with one attached hydrogen (secondary N) is 1. The van der Waals surface area contributed by atoms with Gasteiger partial charge in [0.25, 0.3) is 5.91 Å². The van der Waals surface area contributed by atoms with Crippen LogP contribution in [0.25, 0.3) is 0 Å². The van der Waals surface area contributed by atoms with Gasteiger partial charge in [0.15, 0.2) is 30.8 Å². The van der Waals surface area contributed by atoms with E-state index >= 15 is 0 Å². The third kappa shape index (κ3) is 9.13. The molecular formula is C39H64ClFN8O3Si. The molecule has 4 heterocycles. The largest absolute Gasteiger partial charge is 0.414 e. The minimum atomic E-state index is -2.03. The minimum absolute atomic E-state index is 0.0391. The number of nitrogens with two attached hydrogens (primary N) is 1. The van der Waals surface area contributed by atoms with Crippen LogP contribution in [0.2, 0.25) is 21.8 Å². The summed E-state index contributed by atoms with van der Waals surface area (Å²) in [5, 5.41) is 13.3. The molecule has 53 heavy (non-hydrogen) atoms. The van der Waals surface area contributed by atoms with Crippen molar-refractivity contribution in [2.45, 2.75) is 122 Å². The molecule has 2 atom stereocenters. The second-order valence-electron chi connectivity index (χ2n) is 16.3. The van der Waals surface area contributed by atoms with Crippen molar-refractivity contribution in [2.24, 2.45) is 0 Å². The van der Waals surface area contributed by atoms with Gasteiger partial charge < -0.3 is 30.4 Å². The molecule has 3 saturated heterocycles. The number of nitrogens with zero attached hydrogens (tertiary/aromatic N) is 6. The monoisotopic (exact) mass is 774 g/mol. The number of likely N-dealkylation sites (tertiary alicyclic amines) is 1. The number of anilines is 3. The van der Waals surface area contributed by atoms with Gasteiger partial charge in [-0.2, -0.15) is 0 Å². The van der Waals surface area contributed by atoms with Gasteiger partial charge in [0.05, 0.1) is 12.7 Å². The van der Waals surface area contributed by atoms with E-state index in [0.29, 0.717) is 59.8 Å². The van der Waals surface area contributed by atoms with Gasteiger partial charge in [0, 0.05) is 69.1 Å². The molecule has 0 bridgehead atoms. The van der Waals surface area contributed by atoms with E-state index in [4.69, 9.17) is 21.8 Å². The Morgan fingerprint density at radius 3 is 2.30 bits per heavy atom. The zero-order valence-corrected chi connectivity index (χ0v) is 35.1. The van der Waals surface area contributed by atoms with Crippen LogP contribution in [0.5, 0.6) is 0 Å². The smallest absolute Gasteiger partial charge is 0.273 e. The molecule has 5 rings (SSSR count). The van der Waals surface area contributed by atoms with E-state index in [1.165, 1.54) is 0 Å². The number of halogens is 2. The van der Waals surface area contributed by atoms with E-state index in [2.05, 4.69) is 83.4 Å². The van der Waals surface area contributed by atoms with Gasteiger partial charge in [-0.05, 0) is 73.9 Å². The lowest BCUT2D eigenvalue weighted by Crippen LogP contribution is -2.58. The van der Waals surface area contributed by atoms with E-state index in [1.807, 2.05) is 13.0 Å². The van der Waals surface area contributed by atoms with E-state index in [0.717, 1.165) is 82.7 Å². The predicted octanol–water partition coefficient (Wildman–Crippen LogP) is 6.22. The first-order valence-corrected chi connectivity index (χ1v) is 22.4. The van der Waals surface area contributed by atoms with Crippen molar-refractivity contribution in [3.05, 3.63) is 39.9 Å². The summed E-state index contributed by atoms with van der Waals surface area (Å²) < 4.78 is 21.2. The summed E-state index contributed by atoms with van der Waals surface area (Å²) in [6.07, 6.45) is 3.46. The Morgan fingerprint density at radius 1 is 1.02 bits per heavy atom. The second-order valence-corrected chi connectivity index (χ2v) is 22.1. The Morgan fingerprint density at radius 2 is 1.70 bits per heavy atom. The normalized spacial score (nSPS) is 21.1. The first-order chi connectivity index (χ1) is 25.2. The number of hydrogen-bond donors (Lipinski definition) is 3. The topological polar surface area (TPSA) is 123 Å². The molecule has 1 aromatic carbocycles. The highest BCUT2D eigenvalue weighted by Crippen LogP contribution is 2.42. The van der Waals surface area contributed by atoms with Gasteiger partial charge in [0.2, 0.25) is 0 Å². The van der Waals surface area contributed by atoms with Gasteiger partial charge >= 0.3 is 0 Å². The minimum Gasteiger partial charge on any atom is -0.414 e. The number of piperidine rings is 1. The number of aromatic nitrogens is 2. The van der Waals surface area contributed by atoms with Crippen LogP contribution >= 0.6 is 11.6 Å². The zero-order valence-electron chi connectivity index (χ0n) is 33.3. The molecule has 1 amide bonds. The fraction of sp³-hybridized carbons (Fsp3) is 0.718. The third-order valence-corrected chi connectivity index (χ3v) is 18.5. The molecule has 1 aromatic heterocycles. The number of nitrogen functional groups attached to an aromatic ring is 1. The predicted molar refractivity (Wildman–Crippen MR) is 216 cm³/mol. The van der Waals surface area contributed by atoms with Crippen LogP contribution in [0.1, 0.15) is 95.8 Å². The van der Waals surface area contributed by atoms with E-state index in [1.54, 1.807) is 6.07 Å². The molecular weight excluding hydrogens is 711 g/mol. The number of hydrogen-bond acceptors (Lipinski definition) is 10. The van der Waals surface area contributed by atoms with Gasteiger partial charge in [-0.15, -0.1) is 0 Å². The maximum Gasteiger partial charge on any atom is 0.273 e. The number of benzene rings is 1. The Balaban J connectivity index is 1.15. The number of amides is 1. The van der Waals surface area contributed by atoms with Gasteiger partial charge in [-0.1, -0.05) is 66.1 Å². The summed E-state index contributed by atoms with van der Waals surface area (Å²) in [6.45, 7) is 24.7. The second kappa shape index (κ2) is 17.9. The van der Waals surface area contributed by atoms with E-state index < -0.39 is 14.2 Å². The Kier molecular flexibility index (Phi) is 14.1. The summed E-state index contributed by atoms with van der Waals surface area (Å²) in [4.78, 5) is 31.6. The highest BCUT2D eigenvalue weighted by molar-refractivity contribution is 6.77. The lowest BCUT2D eigenvalue weighted by molar-refractivity contribution is 0.0610. The van der Waals surface area contributed by atoms with Crippen LogP contribution in [0.3, 0.4) is 0 Å². The molecule has 14 heteroatoms. The van der Waals surface area contributed by atoms with Crippen LogP contribution in [0.4, 0.5) is 21.7 Å². The average Bonchev–Trinajstić information content (AvgIpc) is 3.55. The van der Waals surface area contributed by atoms with Crippen molar-refractivity contribution >= 4 is 43.1 Å². The number of rotatable bonds is 14. The number of carbonyl (C=O) groups excluding carboxylic acids is 1. The highest BCUT2D eigenvalue weighted by Gasteiger charge is 2.45. The van der Waals surface area contributed by atoms with Crippen molar-refractivity contribution in [2.75, 3.05) is 74.5 Å². The van der Waals surface area contributed by atoms with Gasteiger partial charge in [0.1, 0.15) is 5.82 Å². The Bertz CT molecular complexity index is 1540. The molecule has 0 radical (unpaired) electrons.